The summed E-state index contributed by atoms with van der Waals surface area (Å²) in [7, 11) is -3.85. The van der Waals surface area contributed by atoms with Crippen LogP contribution in [-0.4, -0.2) is 27.7 Å². The highest BCUT2D eigenvalue weighted by Crippen LogP contribution is 2.42. The molecule has 0 fully saturated rings. The van der Waals surface area contributed by atoms with Gasteiger partial charge >= 0.3 is 0 Å². The molecule has 30 heavy (non-hydrogen) atoms. The number of hydrogen-bond donors (Lipinski definition) is 1. The zero-order valence-corrected chi connectivity index (χ0v) is 16.7. The SMILES string of the molecule is O=C(CN1c2ccccc2-c2ccccc2S1(=O)=O)NCc1ccc2c(c1)OCO2. The number of fused-ring (bicyclic) bond motifs is 4. The molecule has 0 saturated heterocycles. The van der Waals surface area contributed by atoms with Crippen LogP contribution in [0.15, 0.2) is 71.6 Å². The molecule has 0 radical (unpaired) electrons. The smallest absolute Gasteiger partial charge is 0.265 e. The molecule has 0 bridgehead atoms. The van der Waals surface area contributed by atoms with Crippen LogP contribution in [0, 0.1) is 0 Å². The van der Waals surface area contributed by atoms with Gasteiger partial charge in [0.05, 0.1) is 10.6 Å². The zero-order valence-electron chi connectivity index (χ0n) is 15.9. The molecular weight excluding hydrogens is 404 g/mol. The third kappa shape index (κ3) is 3.05. The van der Waals surface area contributed by atoms with Gasteiger partial charge < -0.3 is 14.8 Å². The molecule has 2 aliphatic heterocycles. The Hall–Kier alpha value is -3.52. The molecule has 0 aromatic heterocycles. The Kier molecular flexibility index (Phi) is 4.36. The number of ether oxygens (including phenoxy) is 2. The van der Waals surface area contributed by atoms with E-state index >= 15 is 0 Å². The minimum Gasteiger partial charge on any atom is -0.454 e. The molecule has 2 aliphatic rings. The van der Waals surface area contributed by atoms with Crippen LogP contribution in [0.4, 0.5) is 5.69 Å². The molecule has 0 saturated carbocycles. The number of sulfonamides is 1. The topological polar surface area (TPSA) is 84.9 Å². The summed E-state index contributed by atoms with van der Waals surface area (Å²) in [6.45, 7) is 0.124. The van der Waals surface area contributed by atoms with Gasteiger partial charge in [0.15, 0.2) is 11.5 Å². The molecule has 5 rings (SSSR count). The van der Waals surface area contributed by atoms with Crippen LogP contribution in [-0.2, 0) is 21.4 Å². The second-order valence-electron chi connectivity index (χ2n) is 6.99. The molecule has 1 amide bonds. The predicted molar refractivity (Wildman–Crippen MR) is 111 cm³/mol. The third-order valence-corrected chi connectivity index (χ3v) is 6.95. The molecule has 0 spiro atoms. The summed E-state index contributed by atoms with van der Waals surface area (Å²) in [5, 5.41) is 2.79. The van der Waals surface area contributed by atoms with Gasteiger partial charge in [-0.2, -0.15) is 0 Å². The number of para-hydroxylation sites is 1. The molecule has 2 heterocycles. The van der Waals surface area contributed by atoms with Crippen LogP contribution in [0.25, 0.3) is 11.1 Å². The van der Waals surface area contributed by atoms with E-state index in [4.69, 9.17) is 9.47 Å². The molecule has 8 heteroatoms. The van der Waals surface area contributed by atoms with Gasteiger partial charge in [-0.05, 0) is 29.8 Å². The fourth-order valence-electron chi connectivity index (χ4n) is 3.69. The van der Waals surface area contributed by atoms with E-state index in [0.29, 0.717) is 22.7 Å². The standard InChI is InChI=1S/C22H18N2O5S/c25-22(23-12-15-9-10-19-20(11-15)29-14-28-19)13-24-18-7-3-1-5-16(18)17-6-2-4-8-21(17)30(24,26)27/h1-11H,12-14H2,(H,23,25). The molecule has 0 unspecified atom stereocenters. The Morgan fingerprint density at radius 1 is 0.933 bits per heavy atom. The van der Waals surface area contributed by atoms with E-state index in [1.165, 1.54) is 4.31 Å². The first kappa shape index (κ1) is 18.5. The largest absolute Gasteiger partial charge is 0.454 e. The van der Waals surface area contributed by atoms with E-state index in [9.17, 15) is 13.2 Å². The van der Waals surface area contributed by atoms with E-state index in [2.05, 4.69) is 5.32 Å². The average Bonchev–Trinajstić information content (AvgIpc) is 3.23. The van der Waals surface area contributed by atoms with E-state index in [-0.39, 0.29) is 24.8 Å². The van der Waals surface area contributed by atoms with Crippen LogP contribution >= 0.6 is 0 Å². The Morgan fingerprint density at radius 2 is 1.67 bits per heavy atom. The van der Waals surface area contributed by atoms with Crippen molar-refractivity contribution in [3.8, 4) is 22.6 Å². The Balaban J connectivity index is 1.38. The van der Waals surface area contributed by atoms with Crippen molar-refractivity contribution < 1.29 is 22.7 Å². The first-order valence-corrected chi connectivity index (χ1v) is 10.8. The van der Waals surface area contributed by atoms with Crippen LogP contribution in [0.3, 0.4) is 0 Å². The van der Waals surface area contributed by atoms with Crippen molar-refractivity contribution >= 4 is 21.6 Å². The number of anilines is 1. The summed E-state index contributed by atoms with van der Waals surface area (Å²) in [4.78, 5) is 12.9. The molecule has 3 aromatic carbocycles. The molecule has 7 nitrogen and oxygen atoms in total. The van der Waals surface area contributed by atoms with Crippen molar-refractivity contribution in [2.75, 3.05) is 17.6 Å². The maximum Gasteiger partial charge on any atom is 0.265 e. The van der Waals surface area contributed by atoms with Gasteiger partial charge in [0.2, 0.25) is 12.7 Å². The molecule has 3 aromatic rings. The van der Waals surface area contributed by atoms with Crippen molar-refractivity contribution in [3.63, 3.8) is 0 Å². The van der Waals surface area contributed by atoms with E-state index in [1.54, 1.807) is 48.5 Å². The highest BCUT2D eigenvalue weighted by atomic mass is 32.2. The van der Waals surface area contributed by atoms with Crippen molar-refractivity contribution in [1.29, 1.82) is 0 Å². The number of carbonyl (C=O) groups is 1. The van der Waals surface area contributed by atoms with Crippen molar-refractivity contribution in [2.24, 2.45) is 0 Å². The van der Waals surface area contributed by atoms with Gasteiger partial charge in [0.25, 0.3) is 10.0 Å². The second-order valence-corrected chi connectivity index (χ2v) is 8.82. The lowest BCUT2D eigenvalue weighted by Crippen LogP contribution is -2.42. The summed E-state index contributed by atoms with van der Waals surface area (Å²) in [5.74, 6) is 0.899. The molecule has 152 valence electrons. The number of rotatable bonds is 4. The first-order valence-electron chi connectivity index (χ1n) is 9.40. The monoisotopic (exact) mass is 422 g/mol. The van der Waals surface area contributed by atoms with Crippen molar-refractivity contribution in [3.05, 3.63) is 72.3 Å². The average molecular weight is 422 g/mol. The fraction of sp³-hybridized carbons (Fsp3) is 0.136. The number of carbonyl (C=O) groups excluding carboxylic acids is 1. The van der Waals surface area contributed by atoms with Gasteiger partial charge in [-0.15, -0.1) is 0 Å². The van der Waals surface area contributed by atoms with Gasteiger partial charge in [0, 0.05) is 17.7 Å². The zero-order chi connectivity index (χ0) is 20.7. The summed E-state index contributed by atoms with van der Waals surface area (Å²) in [6.07, 6.45) is 0. The fourth-order valence-corrected chi connectivity index (χ4v) is 5.34. The van der Waals surface area contributed by atoms with Crippen LogP contribution in [0.5, 0.6) is 11.5 Å². The van der Waals surface area contributed by atoms with E-state index in [1.807, 2.05) is 18.2 Å². The van der Waals surface area contributed by atoms with Crippen LogP contribution < -0.4 is 19.1 Å². The summed E-state index contributed by atoms with van der Waals surface area (Å²) in [6, 6.07) is 19.4. The van der Waals surface area contributed by atoms with Gasteiger partial charge in [-0.1, -0.05) is 42.5 Å². The maximum atomic E-state index is 13.2. The van der Waals surface area contributed by atoms with Gasteiger partial charge in [-0.3, -0.25) is 9.10 Å². The summed E-state index contributed by atoms with van der Waals surface area (Å²) >= 11 is 0. The lowest BCUT2D eigenvalue weighted by atomic mass is 10.0. The first-order chi connectivity index (χ1) is 14.5. The second kappa shape index (κ2) is 7.07. The van der Waals surface area contributed by atoms with Crippen LogP contribution in [0.2, 0.25) is 0 Å². The third-order valence-electron chi connectivity index (χ3n) is 5.13. The van der Waals surface area contributed by atoms with Gasteiger partial charge in [0.1, 0.15) is 6.54 Å². The molecule has 0 aliphatic carbocycles. The maximum absolute atomic E-state index is 13.2. The van der Waals surface area contributed by atoms with Crippen molar-refractivity contribution in [1.82, 2.24) is 5.32 Å². The number of nitrogens with zero attached hydrogens (tertiary/aromatic N) is 1. The summed E-state index contributed by atoms with van der Waals surface area (Å²) in [5.41, 5.74) is 2.76. The Bertz CT molecular complexity index is 1260. The van der Waals surface area contributed by atoms with Gasteiger partial charge in [-0.25, -0.2) is 8.42 Å². The minimum atomic E-state index is -3.85. The number of hydrogen-bond acceptors (Lipinski definition) is 5. The summed E-state index contributed by atoms with van der Waals surface area (Å²) < 4.78 is 38.2. The predicted octanol–water partition coefficient (Wildman–Crippen LogP) is 2.91. The lowest BCUT2D eigenvalue weighted by Gasteiger charge is -2.31. The highest BCUT2D eigenvalue weighted by Gasteiger charge is 2.35. The minimum absolute atomic E-state index is 0.179. The Labute approximate surface area is 173 Å². The van der Waals surface area contributed by atoms with E-state index in [0.717, 1.165) is 11.1 Å². The lowest BCUT2D eigenvalue weighted by molar-refractivity contribution is -0.119. The Morgan fingerprint density at radius 3 is 2.53 bits per heavy atom. The number of benzene rings is 3. The molecule has 0 atom stereocenters. The highest BCUT2D eigenvalue weighted by molar-refractivity contribution is 7.93. The normalized spacial score (nSPS) is 15.3. The molecule has 1 N–H and O–H groups in total. The number of amides is 1. The van der Waals surface area contributed by atoms with E-state index < -0.39 is 15.9 Å². The molecular formula is C22H18N2O5S. The number of nitrogens with one attached hydrogen (secondary N) is 1. The quantitative estimate of drug-likeness (QED) is 0.699. The van der Waals surface area contributed by atoms with Crippen molar-refractivity contribution in [2.45, 2.75) is 11.4 Å². The van der Waals surface area contributed by atoms with Crippen LogP contribution in [0.1, 0.15) is 5.56 Å².